The highest BCUT2D eigenvalue weighted by molar-refractivity contribution is 5.73. The van der Waals surface area contributed by atoms with Gasteiger partial charge >= 0.3 is 23.5 Å². The number of hydrogen-bond acceptors (Lipinski definition) is 11. The van der Waals surface area contributed by atoms with Crippen molar-refractivity contribution in [2.45, 2.75) is 110 Å². The van der Waals surface area contributed by atoms with Crippen molar-refractivity contribution in [1.82, 2.24) is 4.98 Å². The number of nitrogens with zero attached hydrogens (tertiary/aromatic N) is 1. The summed E-state index contributed by atoms with van der Waals surface area (Å²) in [5, 5.41) is 12.3. The number of rotatable bonds is 6. The van der Waals surface area contributed by atoms with Crippen LogP contribution in [0.25, 0.3) is 11.3 Å². The Balaban J connectivity index is 1.47. The molecule has 1 N–H and O–H groups in total. The van der Waals surface area contributed by atoms with Crippen LogP contribution < -0.4 is 10.4 Å². The summed E-state index contributed by atoms with van der Waals surface area (Å²) in [5.74, 6) is -1.67. The predicted octanol–water partition coefficient (Wildman–Crippen LogP) is 5.56. The van der Waals surface area contributed by atoms with Gasteiger partial charge in [0.2, 0.25) is 0 Å². The van der Waals surface area contributed by atoms with E-state index in [2.05, 4.69) is 11.9 Å². The molecule has 11 heteroatoms. The van der Waals surface area contributed by atoms with Crippen molar-refractivity contribution in [3.05, 3.63) is 46.6 Å². The number of hydrogen-bond donors (Lipinski definition) is 1. The average molecular weight is 666 g/mol. The molecule has 0 aromatic carbocycles. The highest BCUT2D eigenvalue weighted by Gasteiger charge is 2.71. The Morgan fingerprint density at radius 3 is 2.40 bits per heavy atom. The Kier molecular flexibility index (Phi) is 8.98. The van der Waals surface area contributed by atoms with Crippen molar-refractivity contribution >= 4 is 17.9 Å². The maximum Gasteiger partial charge on any atom is 0.345 e. The molecule has 3 unspecified atom stereocenters. The van der Waals surface area contributed by atoms with Gasteiger partial charge in [-0.25, -0.2) is 4.79 Å². The first-order valence-electron chi connectivity index (χ1n) is 17.1. The summed E-state index contributed by atoms with van der Waals surface area (Å²) < 4.78 is 30.5. The first-order valence-corrected chi connectivity index (χ1v) is 17.1. The first-order chi connectivity index (χ1) is 22.7. The van der Waals surface area contributed by atoms with E-state index in [1.54, 1.807) is 30.6 Å². The molecule has 4 aliphatic rings. The van der Waals surface area contributed by atoms with E-state index in [0.29, 0.717) is 30.7 Å². The smallest absolute Gasteiger partial charge is 0.345 e. The number of ether oxygens (including phenoxy) is 4. The molecule has 3 heterocycles. The lowest BCUT2D eigenvalue weighted by atomic mass is 9.42. The van der Waals surface area contributed by atoms with E-state index in [0.717, 1.165) is 25.7 Å². The van der Waals surface area contributed by atoms with Gasteiger partial charge in [-0.2, -0.15) is 0 Å². The van der Waals surface area contributed by atoms with Gasteiger partial charge in [-0.05, 0) is 81.3 Å². The Hall–Kier alpha value is -3.73. The summed E-state index contributed by atoms with van der Waals surface area (Å²) in [4.78, 5) is 56.1. The molecular formula is C37H47NO10. The molecule has 3 fully saturated rings. The topological polar surface area (TPSA) is 151 Å². The molecule has 0 saturated heterocycles. The van der Waals surface area contributed by atoms with Crippen molar-refractivity contribution in [3.8, 4) is 17.1 Å². The van der Waals surface area contributed by atoms with Crippen LogP contribution in [0.5, 0.6) is 5.75 Å². The number of pyridine rings is 1. The molecule has 1 aliphatic heterocycles. The lowest BCUT2D eigenvalue weighted by Gasteiger charge is -2.66. The molecule has 3 aliphatic carbocycles. The number of aliphatic hydroxyl groups excluding tert-OH is 1. The van der Waals surface area contributed by atoms with Crippen molar-refractivity contribution in [2.24, 2.45) is 34.5 Å². The molecule has 48 heavy (non-hydrogen) atoms. The number of carbonyl (C=O) groups is 3. The van der Waals surface area contributed by atoms with Gasteiger partial charge in [0, 0.05) is 49.2 Å². The molecule has 8 atom stereocenters. The molecule has 0 spiro atoms. The average Bonchev–Trinajstić information content (AvgIpc) is 3.02. The van der Waals surface area contributed by atoms with Crippen LogP contribution in [0.3, 0.4) is 0 Å². The van der Waals surface area contributed by atoms with E-state index >= 15 is 0 Å². The van der Waals surface area contributed by atoms with Gasteiger partial charge in [-0.3, -0.25) is 19.4 Å². The summed E-state index contributed by atoms with van der Waals surface area (Å²) >= 11 is 0. The monoisotopic (exact) mass is 665 g/mol. The second-order valence-corrected chi connectivity index (χ2v) is 15.2. The van der Waals surface area contributed by atoms with Crippen LogP contribution in [0.15, 0.2) is 39.8 Å². The lowest BCUT2D eigenvalue weighted by molar-refractivity contribution is -0.272. The summed E-state index contributed by atoms with van der Waals surface area (Å²) in [7, 11) is 0. The minimum Gasteiger partial charge on any atom is -0.482 e. The molecule has 0 bridgehead atoms. The molecule has 2 aromatic rings. The second-order valence-electron chi connectivity index (χ2n) is 15.2. The van der Waals surface area contributed by atoms with Gasteiger partial charge < -0.3 is 28.5 Å². The van der Waals surface area contributed by atoms with Crippen molar-refractivity contribution in [3.63, 3.8) is 0 Å². The molecule has 6 rings (SSSR count). The van der Waals surface area contributed by atoms with E-state index < -0.39 is 58.2 Å². The lowest BCUT2D eigenvalue weighted by Crippen LogP contribution is -2.71. The zero-order chi connectivity index (χ0) is 34.6. The van der Waals surface area contributed by atoms with Gasteiger partial charge in [0.25, 0.3) is 0 Å². The number of aliphatic hydroxyl groups is 1. The quantitative estimate of drug-likeness (QED) is 0.305. The van der Waals surface area contributed by atoms with E-state index in [4.69, 9.17) is 23.4 Å². The van der Waals surface area contributed by atoms with E-state index in [-0.39, 0.29) is 41.5 Å². The number of aromatic nitrogens is 1. The van der Waals surface area contributed by atoms with Crippen LogP contribution >= 0.6 is 0 Å². The fourth-order valence-corrected chi connectivity index (χ4v) is 9.57. The molecule has 0 amide bonds. The molecular weight excluding hydrogens is 618 g/mol. The molecule has 11 nitrogen and oxygen atoms in total. The Bertz CT molecular complexity index is 1620. The Morgan fingerprint density at radius 2 is 1.75 bits per heavy atom. The third kappa shape index (κ3) is 5.81. The third-order valence-corrected chi connectivity index (χ3v) is 12.0. The maximum absolute atomic E-state index is 13.9. The Morgan fingerprint density at radius 1 is 1.02 bits per heavy atom. The largest absolute Gasteiger partial charge is 0.482 e. The van der Waals surface area contributed by atoms with Gasteiger partial charge in [0.05, 0.1) is 12.0 Å². The minimum absolute atomic E-state index is 0.00198. The first kappa shape index (κ1) is 34.1. The standard InChI is InChI=1S/C37H47NO10/c1-20-9-11-23(12-10-20)33(42)47-29-17-27-35(4,14-13-28(45-22(3)40)36(27,5)19-44-21(2)39)32-31(41)30-26(48-37(29,32)6)16-25(46-34(30)43)24-8-7-15-38-18-24/h7-8,15-16,18,20,23,27-29,31-32,41H,9-14,17,19H2,1-6H3/t20?,23?,27?,28-,29?,31-,32?,35-,36-,37+/m0/s1. The molecule has 2 aromatic heterocycles. The predicted molar refractivity (Wildman–Crippen MR) is 172 cm³/mol. The third-order valence-electron chi connectivity index (χ3n) is 12.0. The van der Waals surface area contributed by atoms with Crippen molar-refractivity contribution < 1.29 is 42.9 Å². The van der Waals surface area contributed by atoms with Crippen LogP contribution in [-0.2, 0) is 28.6 Å². The zero-order valence-electron chi connectivity index (χ0n) is 28.7. The molecule has 260 valence electrons. The normalized spacial score (nSPS) is 37.1. The van der Waals surface area contributed by atoms with Gasteiger partial charge in [0.1, 0.15) is 41.5 Å². The summed E-state index contributed by atoms with van der Waals surface area (Å²) in [6.07, 6.45) is 4.95. The van der Waals surface area contributed by atoms with Crippen LogP contribution in [0.4, 0.5) is 0 Å². The highest BCUT2D eigenvalue weighted by Crippen LogP contribution is 2.67. The van der Waals surface area contributed by atoms with Crippen molar-refractivity contribution in [1.29, 1.82) is 0 Å². The van der Waals surface area contributed by atoms with Crippen LogP contribution in [0, 0.1) is 34.5 Å². The fourth-order valence-electron chi connectivity index (χ4n) is 9.57. The highest BCUT2D eigenvalue weighted by atomic mass is 16.6. The number of carbonyl (C=O) groups excluding carboxylic acids is 3. The van der Waals surface area contributed by atoms with Crippen LogP contribution in [0.1, 0.15) is 98.2 Å². The summed E-state index contributed by atoms with van der Waals surface area (Å²) in [5.41, 5.74) is -3.07. The van der Waals surface area contributed by atoms with E-state index in [1.807, 2.05) is 20.8 Å². The summed E-state index contributed by atoms with van der Waals surface area (Å²) in [6.45, 7) is 10.6. The van der Waals surface area contributed by atoms with E-state index in [1.165, 1.54) is 13.8 Å². The number of fused-ring (bicyclic) bond motifs is 4. The van der Waals surface area contributed by atoms with Gasteiger partial charge in [-0.1, -0.05) is 20.8 Å². The van der Waals surface area contributed by atoms with E-state index in [9.17, 15) is 24.3 Å². The zero-order valence-corrected chi connectivity index (χ0v) is 28.7. The minimum atomic E-state index is -1.34. The maximum atomic E-state index is 13.9. The molecule has 3 saturated carbocycles. The fraction of sp³-hybridized carbons (Fsp3) is 0.649. The van der Waals surface area contributed by atoms with Crippen molar-refractivity contribution in [2.75, 3.05) is 6.61 Å². The van der Waals surface area contributed by atoms with Crippen LogP contribution in [0.2, 0.25) is 0 Å². The van der Waals surface area contributed by atoms with Gasteiger partial charge in [0.15, 0.2) is 0 Å². The molecule has 0 radical (unpaired) electrons. The Labute approximate surface area is 280 Å². The second kappa shape index (κ2) is 12.6. The number of esters is 3. The summed E-state index contributed by atoms with van der Waals surface area (Å²) in [6, 6.07) is 5.08. The van der Waals surface area contributed by atoms with Crippen LogP contribution in [-0.4, -0.2) is 52.4 Å². The SMILES string of the molecule is CC(=O)OC[C@@]1(C)C2CC(OC(=O)C3CCC(C)CC3)[C@@]3(C)Oc4cc(-c5cccnc5)oc(=O)c4[C@H](O)C3[C@@]2(C)CC[C@@H]1OC(C)=O. The van der Waals surface area contributed by atoms with Gasteiger partial charge in [-0.15, -0.1) is 0 Å².